The summed E-state index contributed by atoms with van der Waals surface area (Å²) in [6.07, 6.45) is 0. The van der Waals surface area contributed by atoms with Crippen molar-refractivity contribution in [2.24, 2.45) is 0 Å². The first-order valence-electron chi connectivity index (χ1n) is 9.88. The number of hydrogen-bond donors (Lipinski definition) is 3. The number of nitrogens with zero attached hydrogens (tertiary/aromatic N) is 2. The topological polar surface area (TPSA) is 88.2 Å². The molecule has 0 aliphatic heterocycles. The molecule has 29 heavy (non-hydrogen) atoms. The summed E-state index contributed by atoms with van der Waals surface area (Å²) in [4.78, 5) is 21.6. The van der Waals surface area contributed by atoms with Crippen LogP contribution in [0.25, 0.3) is 10.8 Å². The molecule has 0 saturated heterocycles. The van der Waals surface area contributed by atoms with Gasteiger partial charge in [-0.15, -0.1) is 0 Å². The standard InChI is InChI=1S/C22H27N5O2/c1-4-23-22-26-15(3)14-19(27-22)24-12-13-25-21(28)20-17-9-7-6-8-16(17)10-11-18(20)29-5-2/h6-11,14H,4-5,12-13H2,1-3H3,(H,25,28)(H2,23,24,26,27). The highest BCUT2D eigenvalue weighted by Crippen LogP contribution is 2.28. The Morgan fingerprint density at radius 2 is 1.86 bits per heavy atom. The summed E-state index contributed by atoms with van der Waals surface area (Å²) >= 11 is 0. The highest BCUT2D eigenvalue weighted by molar-refractivity contribution is 6.09. The quantitative estimate of drug-likeness (QED) is 0.481. The summed E-state index contributed by atoms with van der Waals surface area (Å²) in [6.45, 7) is 8.08. The van der Waals surface area contributed by atoms with E-state index < -0.39 is 0 Å². The summed E-state index contributed by atoms with van der Waals surface area (Å²) in [5, 5.41) is 11.2. The van der Waals surface area contributed by atoms with Crippen LogP contribution >= 0.6 is 0 Å². The maximum absolute atomic E-state index is 12.9. The lowest BCUT2D eigenvalue weighted by atomic mass is 10.0. The van der Waals surface area contributed by atoms with E-state index in [9.17, 15) is 4.79 Å². The van der Waals surface area contributed by atoms with Gasteiger partial charge in [0.2, 0.25) is 5.95 Å². The Hall–Kier alpha value is -3.35. The highest BCUT2D eigenvalue weighted by Gasteiger charge is 2.16. The minimum Gasteiger partial charge on any atom is -0.493 e. The van der Waals surface area contributed by atoms with Crippen LogP contribution in [0.5, 0.6) is 5.75 Å². The van der Waals surface area contributed by atoms with Gasteiger partial charge in [-0.2, -0.15) is 4.98 Å². The number of carbonyl (C=O) groups excluding carboxylic acids is 1. The fraction of sp³-hybridized carbons (Fsp3) is 0.318. The second kappa shape index (κ2) is 9.73. The van der Waals surface area contributed by atoms with E-state index in [1.807, 2.05) is 63.2 Å². The number of aromatic nitrogens is 2. The zero-order valence-electron chi connectivity index (χ0n) is 17.1. The van der Waals surface area contributed by atoms with Crippen LogP contribution in [0, 0.1) is 6.92 Å². The second-order valence-corrected chi connectivity index (χ2v) is 6.52. The van der Waals surface area contributed by atoms with Crippen molar-refractivity contribution in [2.45, 2.75) is 20.8 Å². The molecule has 0 bridgehead atoms. The molecule has 0 aliphatic rings. The SMILES string of the molecule is CCNc1nc(C)cc(NCCNC(=O)c2c(OCC)ccc3ccccc23)n1. The van der Waals surface area contributed by atoms with Crippen molar-refractivity contribution in [3.8, 4) is 5.75 Å². The van der Waals surface area contributed by atoms with Gasteiger partial charge >= 0.3 is 0 Å². The summed E-state index contributed by atoms with van der Waals surface area (Å²) in [7, 11) is 0. The van der Waals surface area contributed by atoms with Gasteiger partial charge in [0.1, 0.15) is 11.6 Å². The number of benzene rings is 2. The van der Waals surface area contributed by atoms with E-state index >= 15 is 0 Å². The molecule has 7 heteroatoms. The molecule has 1 aromatic heterocycles. The lowest BCUT2D eigenvalue weighted by molar-refractivity contribution is 0.0953. The van der Waals surface area contributed by atoms with Crippen LogP contribution in [0.2, 0.25) is 0 Å². The van der Waals surface area contributed by atoms with Crippen LogP contribution in [0.15, 0.2) is 42.5 Å². The number of fused-ring (bicyclic) bond motifs is 1. The Balaban J connectivity index is 1.66. The van der Waals surface area contributed by atoms with E-state index in [1.54, 1.807) is 0 Å². The normalized spacial score (nSPS) is 10.6. The minimum atomic E-state index is -0.153. The summed E-state index contributed by atoms with van der Waals surface area (Å²) in [5.41, 5.74) is 1.44. The third-order valence-electron chi connectivity index (χ3n) is 4.32. The molecule has 1 heterocycles. The molecule has 0 atom stereocenters. The number of hydrogen-bond acceptors (Lipinski definition) is 6. The van der Waals surface area contributed by atoms with Gasteiger partial charge in [-0.3, -0.25) is 4.79 Å². The predicted molar refractivity (Wildman–Crippen MR) is 117 cm³/mol. The van der Waals surface area contributed by atoms with Crippen molar-refractivity contribution in [3.63, 3.8) is 0 Å². The van der Waals surface area contributed by atoms with Gasteiger partial charge in [0.05, 0.1) is 12.2 Å². The van der Waals surface area contributed by atoms with Crippen molar-refractivity contribution in [1.82, 2.24) is 15.3 Å². The van der Waals surface area contributed by atoms with E-state index in [-0.39, 0.29) is 5.91 Å². The molecule has 3 rings (SSSR count). The number of amides is 1. The number of aryl methyl sites for hydroxylation is 1. The van der Waals surface area contributed by atoms with Gasteiger partial charge in [0.15, 0.2) is 0 Å². The summed E-state index contributed by atoms with van der Waals surface area (Å²) in [5.74, 6) is 1.76. The van der Waals surface area contributed by atoms with Crippen molar-refractivity contribution < 1.29 is 9.53 Å². The van der Waals surface area contributed by atoms with Gasteiger partial charge in [0.25, 0.3) is 5.91 Å². The number of rotatable bonds is 9. The molecule has 1 amide bonds. The van der Waals surface area contributed by atoms with E-state index in [0.717, 1.165) is 28.8 Å². The molecule has 0 saturated carbocycles. The Kier molecular flexibility index (Phi) is 6.84. The van der Waals surface area contributed by atoms with Gasteiger partial charge in [-0.05, 0) is 37.6 Å². The molecule has 0 unspecified atom stereocenters. The minimum absolute atomic E-state index is 0.153. The Morgan fingerprint density at radius 1 is 1.03 bits per heavy atom. The zero-order chi connectivity index (χ0) is 20.6. The summed E-state index contributed by atoms with van der Waals surface area (Å²) in [6, 6.07) is 13.5. The predicted octanol–water partition coefficient (Wildman–Crippen LogP) is 3.61. The molecule has 3 N–H and O–H groups in total. The zero-order valence-corrected chi connectivity index (χ0v) is 17.1. The van der Waals surface area contributed by atoms with Crippen LogP contribution in [-0.4, -0.2) is 42.1 Å². The number of anilines is 2. The molecule has 0 radical (unpaired) electrons. The Bertz CT molecular complexity index is 990. The van der Waals surface area contributed by atoms with E-state index in [1.165, 1.54) is 0 Å². The maximum atomic E-state index is 12.9. The van der Waals surface area contributed by atoms with Crippen molar-refractivity contribution >= 4 is 28.4 Å². The molecule has 152 valence electrons. The van der Waals surface area contributed by atoms with Gasteiger partial charge in [-0.1, -0.05) is 30.3 Å². The van der Waals surface area contributed by atoms with E-state index in [4.69, 9.17) is 4.74 Å². The van der Waals surface area contributed by atoms with Crippen molar-refractivity contribution in [1.29, 1.82) is 0 Å². The largest absolute Gasteiger partial charge is 0.493 e. The Morgan fingerprint density at radius 3 is 2.66 bits per heavy atom. The lowest BCUT2D eigenvalue weighted by Crippen LogP contribution is -2.29. The molecule has 7 nitrogen and oxygen atoms in total. The number of ether oxygens (including phenoxy) is 1. The van der Waals surface area contributed by atoms with Crippen LogP contribution in [0.1, 0.15) is 29.9 Å². The first-order valence-corrected chi connectivity index (χ1v) is 9.88. The monoisotopic (exact) mass is 393 g/mol. The molecule has 0 aliphatic carbocycles. The van der Waals surface area contributed by atoms with Crippen LogP contribution in [-0.2, 0) is 0 Å². The van der Waals surface area contributed by atoms with Crippen LogP contribution < -0.4 is 20.7 Å². The van der Waals surface area contributed by atoms with Crippen LogP contribution in [0.3, 0.4) is 0 Å². The van der Waals surface area contributed by atoms with Crippen molar-refractivity contribution in [2.75, 3.05) is 36.9 Å². The average molecular weight is 393 g/mol. The summed E-state index contributed by atoms with van der Waals surface area (Å²) < 4.78 is 5.69. The highest BCUT2D eigenvalue weighted by atomic mass is 16.5. The third kappa shape index (κ3) is 5.13. The molecule has 3 aromatic rings. The van der Waals surface area contributed by atoms with Crippen LogP contribution in [0.4, 0.5) is 11.8 Å². The molecular formula is C22H27N5O2. The van der Waals surface area contributed by atoms with Gasteiger partial charge < -0.3 is 20.7 Å². The molecule has 2 aromatic carbocycles. The fourth-order valence-electron chi connectivity index (χ4n) is 3.11. The smallest absolute Gasteiger partial charge is 0.255 e. The van der Waals surface area contributed by atoms with Gasteiger partial charge in [0, 0.05) is 31.4 Å². The first kappa shape index (κ1) is 20.4. The third-order valence-corrected chi connectivity index (χ3v) is 4.32. The van der Waals surface area contributed by atoms with Crippen molar-refractivity contribution in [3.05, 3.63) is 53.7 Å². The molecule has 0 spiro atoms. The number of nitrogens with one attached hydrogen (secondary N) is 3. The van der Waals surface area contributed by atoms with Gasteiger partial charge in [-0.25, -0.2) is 4.98 Å². The molecular weight excluding hydrogens is 366 g/mol. The number of carbonyl (C=O) groups is 1. The molecule has 0 fully saturated rings. The van der Waals surface area contributed by atoms with E-state index in [2.05, 4.69) is 25.9 Å². The fourth-order valence-corrected chi connectivity index (χ4v) is 3.11. The van der Waals surface area contributed by atoms with E-state index in [0.29, 0.717) is 37.0 Å². The second-order valence-electron chi connectivity index (χ2n) is 6.52. The average Bonchev–Trinajstić information content (AvgIpc) is 2.71. The lowest BCUT2D eigenvalue weighted by Gasteiger charge is -2.14. The first-order chi connectivity index (χ1) is 14.1. The maximum Gasteiger partial charge on any atom is 0.255 e. The Labute approximate surface area is 170 Å².